The monoisotopic (exact) mass is 309 g/mol. The van der Waals surface area contributed by atoms with Gasteiger partial charge in [-0.3, -0.25) is 4.79 Å². The Hall–Kier alpha value is -1.23. The molecule has 0 saturated carbocycles. The highest BCUT2D eigenvalue weighted by atomic mass is 32.2. The molecule has 0 aromatic rings. The molecule has 0 N–H and O–H groups in total. The summed E-state index contributed by atoms with van der Waals surface area (Å²) in [6.07, 6.45) is -4.94. The van der Waals surface area contributed by atoms with Crippen LogP contribution in [0, 0.1) is 17.3 Å². The maximum absolute atomic E-state index is 13.4. The van der Waals surface area contributed by atoms with Crippen LogP contribution in [0.4, 0.5) is 13.2 Å². The summed E-state index contributed by atoms with van der Waals surface area (Å²) in [5.74, 6) is 3.49. The van der Waals surface area contributed by atoms with E-state index in [4.69, 9.17) is 0 Å². The van der Waals surface area contributed by atoms with Crippen LogP contribution in [0.1, 0.15) is 19.8 Å². The van der Waals surface area contributed by atoms with E-state index in [1.807, 2.05) is 0 Å². The largest absolute Gasteiger partial charge is 0.397 e. The normalized spacial score (nSPS) is 32.2. The summed E-state index contributed by atoms with van der Waals surface area (Å²) in [7, 11) is -3.85. The van der Waals surface area contributed by atoms with Crippen LogP contribution in [-0.2, 0) is 14.6 Å². The Morgan fingerprint density at radius 2 is 2.05 bits per heavy atom. The van der Waals surface area contributed by atoms with E-state index in [0.29, 0.717) is 0 Å². The molecule has 2 rings (SSSR count). The van der Waals surface area contributed by atoms with Gasteiger partial charge in [0, 0.05) is 13.1 Å². The number of nitrogens with zero attached hydrogens (tertiary/aromatic N) is 1. The minimum Gasteiger partial charge on any atom is -0.330 e. The molecule has 2 aliphatic rings. The molecule has 8 heteroatoms. The second kappa shape index (κ2) is 4.65. The van der Waals surface area contributed by atoms with Crippen LogP contribution in [0.15, 0.2) is 0 Å². The molecule has 4 nitrogen and oxygen atoms in total. The molecule has 0 aliphatic carbocycles. The van der Waals surface area contributed by atoms with Crippen molar-refractivity contribution in [1.29, 1.82) is 0 Å². The van der Waals surface area contributed by atoms with E-state index in [1.54, 1.807) is 0 Å². The smallest absolute Gasteiger partial charge is 0.330 e. The summed E-state index contributed by atoms with van der Waals surface area (Å²) in [6.45, 7) is 0.362. The predicted molar refractivity (Wildman–Crippen MR) is 65.3 cm³/mol. The minimum atomic E-state index is -4.65. The molecule has 0 aromatic heterocycles. The lowest BCUT2D eigenvalue weighted by Crippen LogP contribution is -2.53. The third-order valence-corrected chi connectivity index (χ3v) is 6.37. The summed E-state index contributed by atoms with van der Waals surface area (Å²) >= 11 is 0. The molecule has 0 bridgehead atoms. The zero-order valence-corrected chi connectivity index (χ0v) is 11.6. The van der Waals surface area contributed by atoms with Gasteiger partial charge in [-0.25, -0.2) is 8.42 Å². The molecule has 112 valence electrons. The Bertz CT molecular complexity index is 587. The maximum atomic E-state index is 13.4. The summed E-state index contributed by atoms with van der Waals surface area (Å²) in [6, 6.07) is 0. The van der Waals surface area contributed by atoms with Crippen molar-refractivity contribution >= 4 is 15.7 Å². The molecule has 2 saturated heterocycles. The van der Waals surface area contributed by atoms with Crippen LogP contribution >= 0.6 is 0 Å². The quantitative estimate of drug-likeness (QED) is 0.627. The van der Waals surface area contributed by atoms with Gasteiger partial charge in [-0.05, 0) is 25.7 Å². The second-order valence-electron chi connectivity index (χ2n) is 5.17. The number of likely N-dealkylation sites (tertiary alicyclic amines) is 1. The molecule has 20 heavy (non-hydrogen) atoms. The number of rotatable bonds is 0. The fourth-order valence-electron chi connectivity index (χ4n) is 3.06. The number of fused-ring (bicyclic) bond motifs is 1. The van der Waals surface area contributed by atoms with Crippen LogP contribution in [0.3, 0.4) is 0 Å². The van der Waals surface area contributed by atoms with Crippen molar-refractivity contribution in [2.45, 2.75) is 31.2 Å². The highest BCUT2D eigenvalue weighted by Crippen LogP contribution is 2.53. The fraction of sp³-hybridized carbons (Fsp3) is 0.750. The van der Waals surface area contributed by atoms with Crippen LogP contribution in [0.2, 0.25) is 0 Å². The van der Waals surface area contributed by atoms with E-state index in [9.17, 15) is 26.4 Å². The molecule has 0 radical (unpaired) electrons. The van der Waals surface area contributed by atoms with Gasteiger partial charge in [0.05, 0.1) is 11.0 Å². The molecule has 1 amide bonds. The number of hydrogen-bond donors (Lipinski definition) is 0. The lowest BCUT2D eigenvalue weighted by atomic mass is 9.81. The average molecular weight is 309 g/mol. The number of halogens is 3. The third kappa shape index (κ3) is 2.18. The van der Waals surface area contributed by atoms with Crippen molar-refractivity contribution in [3.63, 3.8) is 0 Å². The van der Waals surface area contributed by atoms with Crippen molar-refractivity contribution in [2.24, 2.45) is 5.41 Å². The van der Waals surface area contributed by atoms with Crippen LogP contribution in [0.25, 0.3) is 0 Å². The van der Waals surface area contributed by atoms with Crippen LogP contribution in [-0.4, -0.2) is 49.5 Å². The number of carbonyl (C=O) groups is 1. The van der Waals surface area contributed by atoms with Gasteiger partial charge >= 0.3 is 6.18 Å². The van der Waals surface area contributed by atoms with Gasteiger partial charge in [0.15, 0.2) is 9.84 Å². The fourth-order valence-corrected chi connectivity index (χ4v) is 5.32. The first-order valence-corrected chi connectivity index (χ1v) is 7.85. The van der Waals surface area contributed by atoms with E-state index in [2.05, 4.69) is 11.8 Å². The number of alkyl halides is 3. The van der Waals surface area contributed by atoms with Crippen LogP contribution < -0.4 is 0 Å². The molecular weight excluding hydrogens is 295 g/mol. The summed E-state index contributed by atoms with van der Waals surface area (Å²) in [5, 5.41) is -1.56. The molecular formula is C12H14F3NO3S. The van der Waals surface area contributed by atoms with Crippen LogP contribution in [0.5, 0.6) is 0 Å². The SMILES string of the molecule is CC#CC(=O)N1C[C@@H]2[C@@](C(F)(F)F)(CCCS2(=O)=O)C1. The van der Waals surface area contributed by atoms with E-state index < -0.39 is 45.7 Å². The third-order valence-electron chi connectivity index (χ3n) is 4.04. The maximum Gasteiger partial charge on any atom is 0.397 e. The van der Waals surface area contributed by atoms with Crippen molar-refractivity contribution in [3.8, 4) is 11.8 Å². The molecule has 2 aliphatic heterocycles. The highest BCUT2D eigenvalue weighted by Gasteiger charge is 2.68. The zero-order valence-electron chi connectivity index (χ0n) is 10.8. The number of carbonyl (C=O) groups excluding carboxylic acids is 1. The van der Waals surface area contributed by atoms with Crippen molar-refractivity contribution in [1.82, 2.24) is 4.90 Å². The van der Waals surface area contributed by atoms with E-state index in [1.165, 1.54) is 6.92 Å². The average Bonchev–Trinajstić information content (AvgIpc) is 2.71. The summed E-state index contributed by atoms with van der Waals surface area (Å²) in [5.41, 5.74) is -2.34. The molecule has 0 unspecified atom stereocenters. The zero-order chi connectivity index (χ0) is 15.2. The van der Waals surface area contributed by atoms with Crippen molar-refractivity contribution < 1.29 is 26.4 Å². The van der Waals surface area contributed by atoms with Gasteiger partial charge in [0.2, 0.25) is 0 Å². The second-order valence-corrected chi connectivity index (χ2v) is 7.48. The highest BCUT2D eigenvalue weighted by molar-refractivity contribution is 7.92. The molecule has 2 heterocycles. The Kier molecular flexibility index (Phi) is 3.53. The van der Waals surface area contributed by atoms with Gasteiger partial charge in [0.25, 0.3) is 5.91 Å². The molecule has 2 fully saturated rings. The minimum absolute atomic E-state index is 0.0279. The lowest BCUT2D eigenvalue weighted by molar-refractivity contribution is -0.221. The van der Waals surface area contributed by atoms with Crippen molar-refractivity contribution in [2.75, 3.05) is 18.8 Å². The molecule has 0 spiro atoms. The number of amides is 1. The van der Waals surface area contributed by atoms with Gasteiger partial charge in [-0.15, -0.1) is 0 Å². The summed E-state index contributed by atoms with van der Waals surface area (Å²) in [4.78, 5) is 12.6. The van der Waals surface area contributed by atoms with Gasteiger partial charge < -0.3 is 4.90 Å². The van der Waals surface area contributed by atoms with E-state index in [0.717, 1.165) is 4.90 Å². The first kappa shape index (κ1) is 15.2. The Morgan fingerprint density at radius 3 is 2.55 bits per heavy atom. The van der Waals surface area contributed by atoms with Gasteiger partial charge in [-0.2, -0.15) is 13.2 Å². The predicted octanol–water partition coefficient (Wildman–Crippen LogP) is 0.978. The number of sulfone groups is 1. The number of hydrogen-bond acceptors (Lipinski definition) is 3. The van der Waals surface area contributed by atoms with E-state index >= 15 is 0 Å². The van der Waals surface area contributed by atoms with Gasteiger partial charge in [0.1, 0.15) is 5.41 Å². The topological polar surface area (TPSA) is 54.5 Å². The standard InChI is InChI=1S/C12H14F3NO3S/c1-2-4-10(17)16-7-9-11(8-16,12(13,14)15)5-3-6-20(9,18)19/h9H,3,5-8H2,1H3/t9-,11-/m1/s1. The lowest BCUT2D eigenvalue weighted by Gasteiger charge is -2.39. The Morgan fingerprint density at radius 1 is 1.40 bits per heavy atom. The summed E-state index contributed by atoms with van der Waals surface area (Å²) < 4.78 is 64.2. The van der Waals surface area contributed by atoms with Crippen molar-refractivity contribution in [3.05, 3.63) is 0 Å². The first-order chi connectivity index (χ1) is 9.14. The molecule has 2 atom stereocenters. The molecule has 0 aromatic carbocycles. The van der Waals surface area contributed by atoms with E-state index in [-0.39, 0.29) is 18.6 Å². The Labute approximate surface area is 115 Å². The van der Waals surface area contributed by atoms with Gasteiger partial charge in [-0.1, -0.05) is 5.92 Å². The Balaban J connectivity index is 2.45. The first-order valence-electron chi connectivity index (χ1n) is 6.14.